The lowest BCUT2D eigenvalue weighted by atomic mass is 10.1. The Bertz CT molecular complexity index is 1350. The number of aryl methyl sites for hydroxylation is 1. The first-order valence-corrected chi connectivity index (χ1v) is 10.3. The molecule has 1 aromatic carbocycles. The summed E-state index contributed by atoms with van der Waals surface area (Å²) in [5.74, 6) is -1.54. The van der Waals surface area contributed by atoms with Gasteiger partial charge in [0.05, 0.1) is 17.1 Å². The fraction of sp³-hybridized carbons (Fsp3) is 0.200. The summed E-state index contributed by atoms with van der Waals surface area (Å²) in [6.07, 6.45) is -3.29. The van der Waals surface area contributed by atoms with Crippen LogP contribution in [0.4, 0.5) is 18.9 Å². The summed E-state index contributed by atoms with van der Waals surface area (Å²) in [5, 5.41) is 8.80. The van der Waals surface area contributed by atoms with E-state index >= 15 is 0 Å². The van der Waals surface area contributed by atoms with Crippen molar-refractivity contribution in [3.8, 4) is 0 Å². The predicted octanol–water partition coefficient (Wildman–Crippen LogP) is 4.14. The Hall–Kier alpha value is -3.87. The van der Waals surface area contributed by atoms with Gasteiger partial charge in [-0.05, 0) is 31.5 Å². The maximum atomic E-state index is 13.1. The number of carbonyl (C=O) groups is 2. The maximum Gasteiger partial charge on any atom is 0.416 e. The number of alkyl halides is 3. The molecule has 3 aromatic heterocycles. The minimum absolute atomic E-state index is 0.0330. The number of nitrogens with one attached hydrogen (secondary N) is 2. The van der Waals surface area contributed by atoms with Gasteiger partial charge in [-0.15, -0.1) is 11.3 Å². The zero-order valence-electron chi connectivity index (χ0n) is 17.1. The Morgan fingerprint density at radius 1 is 1.12 bits per heavy atom. The van der Waals surface area contributed by atoms with E-state index in [1.54, 1.807) is 12.4 Å². The van der Waals surface area contributed by atoms with Crippen LogP contribution >= 0.6 is 11.3 Å². The Morgan fingerprint density at radius 2 is 1.91 bits per heavy atom. The lowest BCUT2D eigenvalue weighted by Crippen LogP contribution is -2.28. The number of hydrogen-bond donors (Lipinski definition) is 2. The van der Waals surface area contributed by atoms with E-state index in [1.165, 1.54) is 42.8 Å². The highest BCUT2D eigenvalue weighted by Gasteiger charge is 2.32. The first-order valence-electron chi connectivity index (χ1n) is 9.44. The van der Waals surface area contributed by atoms with Gasteiger partial charge in [0.15, 0.2) is 5.69 Å². The summed E-state index contributed by atoms with van der Waals surface area (Å²) in [5.41, 5.74) is 1.37. The zero-order valence-corrected chi connectivity index (χ0v) is 17.9. The van der Waals surface area contributed by atoms with Gasteiger partial charge in [0.2, 0.25) is 5.76 Å². The fourth-order valence-corrected chi connectivity index (χ4v) is 3.62. The second-order valence-electron chi connectivity index (χ2n) is 7.02. The third kappa shape index (κ3) is 4.67. The van der Waals surface area contributed by atoms with Crippen LogP contribution in [0.1, 0.15) is 50.8 Å². The van der Waals surface area contributed by atoms with Crippen molar-refractivity contribution in [2.24, 2.45) is 0 Å². The van der Waals surface area contributed by atoms with Crippen LogP contribution in [0.15, 0.2) is 40.6 Å². The molecule has 2 amide bonds. The van der Waals surface area contributed by atoms with Crippen LogP contribution < -0.4 is 10.6 Å². The van der Waals surface area contributed by atoms with Gasteiger partial charge in [-0.2, -0.15) is 13.2 Å². The van der Waals surface area contributed by atoms with E-state index in [0.717, 1.165) is 6.07 Å². The van der Waals surface area contributed by atoms with E-state index in [0.29, 0.717) is 10.3 Å². The smallest absolute Gasteiger partial charge is 0.351 e. The number of aromatic nitrogens is 4. The quantitative estimate of drug-likeness (QED) is 0.444. The van der Waals surface area contributed by atoms with Crippen LogP contribution in [0.25, 0.3) is 10.3 Å². The predicted molar refractivity (Wildman–Crippen MR) is 112 cm³/mol. The van der Waals surface area contributed by atoms with Crippen LogP contribution in [0.3, 0.4) is 0 Å². The average molecular weight is 476 g/mol. The highest BCUT2D eigenvalue weighted by Crippen LogP contribution is 2.33. The van der Waals surface area contributed by atoms with Gasteiger partial charge in [-0.25, -0.2) is 15.0 Å². The van der Waals surface area contributed by atoms with Gasteiger partial charge in [-0.3, -0.25) is 9.59 Å². The maximum absolute atomic E-state index is 13.1. The van der Waals surface area contributed by atoms with Crippen LogP contribution in [0.5, 0.6) is 0 Å². The molecular formula is C20H15F3N6O3S. The topological polar surface area (TPSA) is 123 Å². The molecular weight excluding hydrogens is 461 g/mol. The van der Waals surface area contributed by atoms with E-state index in [2.05, 4.69) is 30.7 Å². The van der Waals surface area contributed by atoms with Crippen LogP contribution in [-0.4, -0.2) is 31.9 Å². The molecule has 9 nitrogen and oxygen atoms in total. The van der Waals surface area contributed by atoms with Gasteiger partial charge < -0.3 is 15.2 Å². The molecule has 0 aliphatic rings. The normalized spacial score (nSPS) is 12.5. The molecule has 3 heterocycles. The van der Waals surface area contributed by atoms with Crippen molar-refractivity contribution in [2.45, 2.75) is 26.1 Å². The van der Waals surface area contributed by atoms with Crippen molar-refractivity contribution in [1.82, 2.24) is 25.4 Å². The summed E-state index contributed by atoms with van der Waals surface area (Å²) in [6.45, 7) is 2.94. The van der Waals surface area contributed by atoms with E-state index < -0.39 is 29.6 Å². The molecule has 0 aliphatic heterocycles. The minimum atomic E-state index is -4.55. The number of benzene rings is 1. The molecule has 0 saturated heterocycles. The monoisotopic (exact) mass is 476 g/mol. The number of halogens is 3. The minimum Gasteiger partial charge on any atom is -0.351 e. The number of fused-ring (bicyclic) bond motifs is 1. The number of nitrogens with zero attached hydrogens (tertiary/aromatic N) is 4. The number of anilines is 1. The van der Waals surface area contributed by atoms with Crippen LogP contribution in [-0.2, 0) is 6.18 Å². The van der Waals surface area contributed by atoms with Crippen molar-refractivity contribution >= 4 is 39.2 Å². The molecule has 0 unspecified atom stereocenters. The first-order chi connectivity index (χ1) is 15.6. The second kappa shape index (κ2) is 8.58. The van der Waals surface area contributed by atoms with E-state index in [-0.39, 0.29) is 28.4 Å². The highest BCUT2D eigenvalue weighted by atomic mass is 32.1. The highest BCUT2D eigenvalue weighted by molar-refractivity contribution is 7.16. The third-order valence-corrected chi connectivity index (χ3v) is 5.43. The Kier molecular flexibility index (Phi) is 5.80. The van der Waals surface area contributed by atoms with Crippen molar-refractivity contribution in [3.63, 3.8) is 0 Å². The summed E-state index contributed by atoms with van der Waals surface area (Å²) in [6, 6.07) is 4.08. The van der Waals surface area contributed by atoms with Crippen molar-refractivity contribution in [3.05, 3.63) is 64.4 Å². The average Bonchev–Trinajstić information content (AvgIpc) is 3.43. The van der Waals surface area contributed by atoms with Gasteiger partial charge >= 0.3 is 6.18 Å². The Labute approximate surface area is 188 Å². The number of carbonyl (C=O) groups excluding carboxylic acids is 2. The molecule has 2 N–H and O–H groups in total. The molecule has 0 bridgehead atoms. The van der Waals surface area contributed by atoms with Gasteiger partial charge in [0, 0.05) is 11.8 Å². The van der Waals surface area contributed by atoms with Crippen molar-refractivity contribution in [2.75, 3.05) is 5.32 Å². The molecule has 4 aromatic rings. The van der Waals surface area contributed by atoms with Gasteiger partial charge in [0.25, 0.3) is 11.8 Å². The second-order valence-corrected chi connectivity index (χ2v) is 7.85. The summed E-state index contributed by atoms with van der Waals surface area (Å²) in [7, 11) is 0. The molecule has 13 heteroatoms. The van der Waals surface area contributed by atoms with Gasteiger partial charge in [-0.1, -0.05) is 11.2 Å². The molecule has 0 fully saturated rings. The summed E-state index contributed by atoms with van der Waals surface area (Å²) < 4.78 is 44.3. The fourth-order valence-electron chi connectivity index (χ4n) is 3.00. The Morgan fingerprint density at radius 3 is 2.67 bits per heavy atom. The summed E-state index contributed by atoms with van der Waals surface area (Å²) >= 11 is 1.27. The SMILES string of the molecule is Cc1ccc(NC(=O)c2cc([C@H](C)NC(=O)c3ncnc4scnc34)no2)cc1C(F)(F)F. The third-order valence-electron chi connectivity index (χ3n) is 4.69. The molecule has 33 heavy (non-hydrogen) atoms. The molecule has 0 saturated carbocycles. The van der Waals surface area contributed by atoms with Crippen molar-refractivity contribution < 1.29 is 27.3 Å². The largest absolute Gasteiger partial charge is 0.416 e. The number of rotatable bonds is 5. The van der Waals surface area contributed by atoms with E-state index in [4.69, 9.17) is 4.52 Å². The molecule has 4 rings (SSSR count). The summed E-state index contributed by atoms with van der Waals surface area (Å²) in [4.78, 5) is 37.7. The molecule has 0 spiro atoms. The zero-order chi connectivity index (χ0) is 23.8. The molecule has 170 valence electrons. The molecule has 1 atom stereocenters. The number of amides is 2. The first kappa shape index (κ1) is 22.3. The standard InChI is InChI=1S/C20H15F3N6O3S/c1-9-3-4-11(5-12(9)20(21,22)23)28-17(30)14-6-13(29-32-14)10(2)27-18(31)15-16-19(25-7-24-15)33-8-26-16/h3-8,10H,1-2H3,(H,27,31)(H,28,30)/t10-/m0/s1. The van der Waals surface area contributed by atoms with E-state index in [9.17, 15) is 22.8 Å². The van der Waals surface area contributed by atoms with Crippen LogP contribution in [0.2, 0.25) is 0 Å². The van der Waals surface area contributed by atoms with Crippen molar-refractivity contribution in [1.29, 1.82) is 0 Å². The van der Waals surface area contributed by atoms with E-state index in [1.807, 2.05) is 0 Å². The van der Waals surface area contributed by atoms with Gasteiger partial charge in [0.1, 0.15) is 22.4 Å². The lowest BCUT2D eigenvalue weighted by molar-refractivity contribution is -0.138. The van der Waals surface area contributed by atoms with Crippen LogP contribution in [0, 0.1) is 6.92 Å². The lowest BCUT2D eigenvalue weighted by Gasteiger charge is -2.12. The Balaban J connectivity index is 1.46. The molecule has 0 radical (unpaired) electrons. The number of hydrogen-bond acceptors (Lipinski definition) is 8. The molecule has 0 aliphatic carbocycles. The number of thiazole rings is 1.